The van der Waals surface area contributed by atoms with E-state index in [1.54, 1.807) is 18.2 Å². The predicted molar refractivity (Wildman–Crippen MR) is 201 cm³/mol. The molecular weight excluding hydrogens is 949 g/mol. The van der Waals surface area contributed by atoms with Gasteiger partial charge in [-0.3, -0.25) is 9.59 Å². The zero-order valence-corrected chi connectivity index (χ0v) is 44.3. The standard InChI is InChI=1S/C20H14N2O7S2.C16H10N2O8S2.4Na/c23-18-11-17(20(31(27,28)29)15-8-4-2-6-13(15)18)22-21-16-9-10-19(30(24,25)26)14-7-3-1-5-12(14)16;19-15-9-5-7(27(21,22)23)1-3-11(9)17-13(15)14-16(20)10-6-8(28(24,25)26)2-4-12(10)18-14;;;;/h1-11,23H,(H,24,25,26)(H,27,28,29);1-6,17-18H,(H,21,22,23)(H,24,25,26);;;;/q;;4*+1/p-4/b22-21+;14-13+;;;;. The molecule has 27 heteroatoms. The Bertz CT molecular complexity index is 3300. The number of azo groups is 1. The van der Waals surface area contributed by atoms with Gasteiger partial charge in [-0.15, -0.1) is 10.2 Å². The second-order valence-corrected chi connectivity index (χ2v) is 17.9. The van der Waals surface area contributed by atoms with Crippen molar-refractivity contribution in [3.8, 4) is 5.75 Å². The number of allylic oxidation sites excluding steroid dienone is 2. The van der Waals surface area contributed by atoms with Gasteiger partial charge < -0.3 is 34.0 Å². The maximum absolute atomic E-state index is 12.6. The number of hydrogen-bond donors (Lipinski definition) is 3. The number of nitrogens with zero attached hydrogens (tertiary/aromatic N) is 2. The van der Waals surface area contributed by atoms with Crippen molar-refractivity contribution >= 4 is 96.3 Å². The number of benzene rings is 6. The van der Waals surface area contributed by atoms with Crippen molar-refractivity contribution < 1.29 is 185 Å². The number of ketones is 2. The van der Waals surface area contributed by atoms with Crippen LogP contribution in [0.3, 0.4) is 0 Å². The quantitative estimate of drug-likeness (QED) is 0.0604. The molecule has 6 aromatic rings. The van der Waals surface area contributed by atoms with Crippen LogP contribution in [0, 0.1) is 0 Å². The molecular formula is C36H20N4Na4O15S4. The Kier molecular flexibility index (Phi) is 18.0. The van der Waals surface area contributed by atoms with Crippen molar-refractivity contribution in [1.82, 2.24) is 0 Å². The van der Waals surface area contributed by atoms with Crippen LogP contribution in [0.15, 0.2) is 144 Å². The molecule has 6 aromatic carbocycles. The summed E-state index contributed by atoms with van der Waals surface area (Å²) in [5.41, 5.74) is -0.436. The Morgan fingerprint density at radius 2 is 0.889 bits per heavy atom. The molecule has 0 amide bonds. The Morgan fingerprint density at radius 1 is 0.460 bits per heavy atom. The van der Waals surface area contributed by atoms with Crippen molar-refractivity contribution in [2.24, 2.45) is 10.2 Å². The predicted octanol–water partition coefficient (Wildman–Crippen LogP) is -7.44. The fourth-order valence-electron chi connectivity index (χ4n) is 6.28. The molecule has 0 saturated carbocycles. The van der Waals surface area contributed by atoms with Crippen molar-refractivity contribution in [3.05, 3.63) is 126 Å². The first-order valence-electron chi connectivity index (χ1n) is 16.2. The first-order chi connectivity index (χ1) is 27.5. The van der Waals surface area contributed by atoms with E-state index in [1.807, 2.05) is 0 Å². The Hall–Kier alpha value is -2.44. The monoisotopic (exact) mass is 968 g/mol. The van der Waals surface area contributed by atoms with E-state index >= 15 is 0 Å². The number of anilines is 2. The molecule has 0 aliphatic carbocycles. The summed E-state index contributed by atoms with van der Waals surface area (Å²) in [5.74, 6) is -1.74. The molecule has 63 heavy (non-hydrogen) atoms. The minimum Gasteiger partial charge on any atom is -0.744 e. The largest absolute Gasteiger partial charge is 1.00 e. The van der Waals surface area contributed by atoms with E-state index in [0.29, 0.717) is 0 Å². The molecule has 8 rings (SSSR count). The van der Waals surface area contributed by atoms with Crippen molar-refractivity contribution in [2.45, 2.75) is 19.6 Å². The van der Waals surface area contributed by atoms with Crippen molar-refractivity contribution in [2.75, 3.05) is 10.6 Å². The molecule has 0 unspecified atom stereocenters. The summed E-state index contributed by atoms with van der Waals surface area (Å²) in [6.07, 6.45) is 0. The number of rotatable bonds is 6. The Morgan fingerprint density at radius 3 is 1.33 bits per heavy atom. The molecule has 302 valence electrons. The summed E-state index contributed by atoms with van der Waals surface area (Å²) in [7, 11) is -19.3. The second-order valence-electron chi connectivity index (χ2n) is 12.5. The molecule has 0 aromatic heterocycles. The number of phenolic OH excluding ortho intramolecular Hbond substituents is 1. The average molecular weight is 969 g/mol. The van der Waals surface area contributed by atoms with E-state index in [1.165, 1.54) is 48.5 Å². The van der Waals surface area contributed by atoms with Crippen LogP contribution >= 0.6 is 0 Å². The number of carbonyl (C=O) groups excluding carboxylic acids is 2. The van der Waals surface area contributed by atoms with Crippen LogP contribution in [0.25, 0.3) is 21.5 Å². The smallest absolute Gasteiger partial charge is 0.744 e. The van der Waals surface area contributed by atoms with E-state index in [0.717, 1.165) is 36.4 Å². The fraction of sp³-hybridized carbons (Fsp3) is 0. The number of hydrogen-bond acceptors (Lipinski definition) is 19. The number of Topliss-reactive ketones (excluding diaryl/α,β-unsaturated/α-hetero) is 2. The summed E-state index contributed by atoms with van der Waals surface area (Å²) >= 11 is 0. The maximum Gasteiger partial charge on any atom is 1.00 e. The number of aromatic hydroxyl groups is 1. The molecule has 0 spiro atoms. The van der Waals surface area contributed by atoms with E-state index in [9.17, 15) is 66.6 Å². The van der Waals surface area contributed by atoms with Crippen LogP contribution in [-0.2, 0) is 40.5 Å². The normalized spacial score (nSPS) is 14.5. The van der Waals surface area contributed by atoms with E-state index in [2.05, 4.69) is 20.9 Å². The van der Waals surface area contributed by atoms with Gasteiger partial charge in [0.15, 0.2) is 0 Å². The van der Waals surface area contributed by atoms with Crippen LogP contribution in [0.1, 0.15) is 20.7 Å². The minimum atomic E-state index is -4.99. The third-order valence-electron chi connectivity index (χ3n) is 8.87. The van der Waals surface area contributed by atoms with E-state index < -0.39 is 71.6 Å². The molecule has 0 fully saturated rings. The molecule has 2 aliphatic rings. The van der Waals surface area contributed by atoms with E-state index in [4.69, 9.17) is 0 Å². The molecule has 2 heterocycles. The minimum absolute atomic E-state index is 0. The van der Waals surface area contributed by atoms with Crippen LogP contribution in [-0.4, -0.2) is 68.6 Å². The average Bonchev–Trinajstić information content (AvgIpc) is 3.67. The van der Waals surface area contributed by atoms with Crippen molar-refractivity contribution in [1.29, 1.82) is 0 Å². The van der Waals surface area contributed by atoms with Gasteiger partial charge in [-0.2, -0.15) is 0 Å². The topological polar surface area (TPSA) is 332 Å². The second kappa shape index (κ2) is 20.6. The third-order valence-corrected chi connectivity index (χ3v) is 12.4. The molecule has 3 N–H and O–H groups in total. The molecule has 2 aliphatic heterocycles. The van der Waals surface area contributed by atoms with Gasteiger partial charge in [-0.1, -0.05) is 48.5 Å². The Balaban J connectivity index is 0.000000317. The van der Waals surface area contributed by atoms with Gasteiger partial charge in [0.25, 0.3) is 0 Å². The molecule has 0 atom stereocenters. The summed E-state index contributed by atoms with van der Waals surface area (Å²) in [6.45, 7) is 0. The van der Waals surface area contributed by atoms with Gasteiger partial charge in [0.05, 0.1) is 36.6 Å². The Labute approximate surface area is 447 Å². The van der Waals surface area contributed by atoms with Gasteiger partial charge in [0.1, 0.15) is 63.3 Å². The number of fused-ring (bicyclic) bond motifs is 4. The number of nitrogens with one attached hydrogen (secondary N) is 2. The molecule has 0 saturated heterocycles. The first kappa shape index (κ1) is 54.9. The van der Waals surface area contributed by atoms with Gasteiger partial charge in [0, 0.05) is 38.7 Å². The summed E-state index contributed by atoms with van der Waals surface area (Å²) in [4.78, 5) is 23.0. The maximum atomic E-state index is 12.6. The van der Waals surface area contributed by atoms with Gasteiger partial charge >= 0.3 is 118 Å². The van der Waals surface area contributed by atoms with Crippen LogP contribution in [0.2, 0.25) is 0 Å². The first-order valence-corrected chi connectivity index (χ1v) is 21.8. The number of phenols is 1. The van der Waals surface area contributed by atoms with Crippen molar-refractivity contribution in [3.63, 3.8) is 0 Å². The van der Waals surface area contributed by atoms with Crippen LogP contribution < -0.4 is 129 Å². The fourth-order valence-corrected chi connectivity index (χ4v) is 8.76. The third kappa shape index (κ3) is 11.4. The summed E-state index contributed by atoms with van der Waals surface area (Å²) < 4.78 is 137. The van der Waals surface area contributed by atoms with Crippen LogP contribution in [0.5, 0.6) is 5.75 Å². The molecule has 0 radical (unpaired) electrons. The van der Waals surface area contributed by atoms with E-state index in [-0.39, 0.29) is 191 Å². The zero-order valence-electron chi connectivity index (χ0n) is 33.0. The van der Waals surface area contributed by atoms with Gasteiger partial charge in [0.2, 0.25) is 11.6 Å². The SMILES string of the molecule is O=C1/C(=C2\Nc3ccc(S(=O)(=O)[O-])cc3C2=O)Nc2ccc(S(=O)(=O)[O-])cc21.O=S(=O)([O-])c1ccc(/N=N/c2cc(O)c3ccccc3c2S(=O)(=O)[O-])c2ccccc12.[Na+].[Na+].[Na+].[Na+]. The molecule has 19 nitrogen and oxygen atoms in total. The van der Waals surface area contributed by atoms with Crippen LogP contribution in [0.4, 0.5) is 22.7 Å². The van der Waals surface area contributed by atoms with Gasteiger partial charge in [-0.05, 0) is 48.5 Å². The zero-order chi connectivity index (χ0) is 42.8. The summed E-state index contributed by atoms with van der Waals surface area (Å²) in [6, 6.07) is 21.6. The number of carbonyl (C=O) groups is 2. The molecule has 0 bridgehead atoms. The summed E-state index contributed by atoms with van der Waals surface area (Å²) in [5, 5.41) is 24.0. The van der Waals surface area contributed by atoms with Gasteiger partial charge in [-0.25, -0.2) is 33.7 Å².